The maximum Gasteiger partial charge on any atom is 0.139 e. The summed E-state index contributed by atoms with van der Waals surface area (Å²) in [5.74, 6) is 1.83. The summed E-state index contributed by atoms with van der Waals surface area (Å²) in [5.41, 5.74) is 3.70. The highest BCUT2D eigenvalue weighted by Gasteiger charge is 2.22. The van der Waals surface area contributed by atoms with Gasteiger partial charge in [0.15, 0.2) is 0 Å². The van der Waals surface area contributed by atoms with Gasteiger partial charge >= 0.3 is 0 Å². The first-order valence-corrected chi connectivity index (χ1v) is 10.2. The van der Waals surface area contributed by atoms with Gasteiger partial charge in [-0.1, -0.05) is 36.4 Å². The van der Waals surface area contributed by atoms with Crippen LogP contribution in [0.1, 0.15) is 33.9 Å². The summed E-state index contributed by atoms with van der Waals surface area (Å²) in [6.07, 6.45) is 6.12. The Morgan fingerprint density at radius 2 is 1.85 bits per heavy atom. The highest BCUT2D eigenvalue weighted by Crippen LogP contribution is 2.39. The molecule has 1 aliphatic carbocycles. The van der Waals surface area contributed by atoms with Gasteiger partial charge in [0, 0.05) is 17.5 Å². The predicted octanol–water partition coefficient (Wildman–Crippen LogP) is 4.78. The summed E-state index contributed by atoms with van der Waals surface area (Å²) in [6.45, 7) is 0.669. The Morgan fingerprint density at radius 1 is 0.963 bits per heavy atom. The van der Waals surface area contributed by atoms with Gasteiger partial charge in [0.1, 0.15) is 16.5 Å². The molecular weight excluding hydrogens is 352 g/mol. The number of nitrogens with one attached hydrogen (secondary N) is 1. The Kier molecular flexibility index (Phi) is 4.30. The molecule has 1 N–H and O–H groups in total. The molecule has 134 valence electrons. The van der Waals surface area contributed by atoms with Gasteiger partial charge in [-0.3, -0.25) is 4.98 Å². The van der Waals surface area contributed by atoms with Crippen LogP contribution in [0.3, 0.4) is 0 Å². The van der Waals surface area contributed by atoms with Crippen LogP contribution < -0.4 is 5.32 Å². The number of benzene rings is 1. The number of anilines is 1. The van der Waals surface area contributed by atoms with E-state index in [-0.39, 0.29) is 0 Å². The molecule has 4 aromatic rings. The zero-order chi connectivity index (χ0) is 18.1. The predicted molar refractivity (Wildman–Crippen MR) is 110 cm³/mol. The number of thiophene rings is 1. The van der Waals surface area contributed by atoms with Gasteiger partial charge in [-0.25, -0.2) is 9.97 Å². The molecule has 4 nitrogen and oxygen atoms in total. The molecule has 1 aromatic carbocycles. The van der Waals surface area contributed by atoms with Crippen molar-refractivity contribution < 1.29 is 0 Å². The summed E-state index contributed by atoms with van der Waals surface area (Å²) in [6, 6.07) is 16.4. The third-order valence-electron chi connectivity index (χ3n) is 4.98. The second-order valence-corrected chi connectivity index (χ2v) is 7.95. The van der Waals surface area contributed by atoms with E-state index in [4.69, 9.17) is 9.97 Å². The van der Waals surface area contributed by atoms with Crippen molar-refractivity contribution in [3.8, 4) is 0 Å². The van der Waals surface area contributed by atoms with Crippen molar-refractivity contribution in [1.29, 1.82) is 0 Å². The van der Waals surface area contributed by atoms with Gasteiger partial charge in [-0.05, 0) is 42.5 Å². The topological polar surface area (TPSA) is 50.7 Å². The second kappa shape index (κ2) is 7.08. The van der Waals surface area contributed by atoms with Gasteiger partial charge in [0.25, 0.3) is 0 Å². The third-order valence-corrected chi connectivity index (χ3v) is 6.16. The molecule has 0 unspecified atom stereocenters. The summed E-state index contributed by atoms with van der Waals surface area (Å²) < 4.78 is 0. The highest BCUT2D eigenvalue weighted by molar-refractivity contribution is 7.19. The average Bonchev–Trinajstić information content (AvgIpc) is 3.28. The molecule has 5 rings (SSSR count). The fraction of sp³-hybridized carbons (Fsp3) is 0.227. The molecule has 0 aliphatic heterocycles. The van der Waals surface area contributed by atoms with E-state index >= 15 is 0 Å². The van der Waals surface area contributed by atoms with Gasteiger partial charge in [0.2, 0.25) is 0 Å². The minimum atomic E-state index is 0.669. The number of hydrogen-bond acceptors (Lipinski definition) is 5. The Hall–Kier alpha value is -2.79. The molecule has 0 amide bonds. The lowest BCUT2D eigenvalue weighted by atomic mass is 10.1. The number of aromatic nitrogens is 3. The number of nitrogens with zero attached hydrogens (tertiary/aromatic N) is 3. The summed E-state index contributed by atoms with van der Waals surface area (Å²) >= 11 is 1.84. The quantitative estimate of drug-likeness (QED) is 0.548. The number of pyridine rings is 1. The zero-order valence-electron chi connectivity index (χ0n) is 15.0. The third kappa shape index (κ3) is 3.30. The van der Waals surface area contributed by atoms with Crippen molar-refractivity contribution >= 4 is 27.4 Å². The first-order valence-electron chi connectivity index (χ1n) is 9.36. The van der Waals surface area contributed by atoms with E-state index in [0.717, 1.165) is 35.0 Å². The molecule has 0 bridgehead atoms. The molecule has 3 aromatic heterocycles. The van der Waals surface area contributed by atoms with E-state index in [1.165, 1.54) is 34.2 Å². The van der Waals surface area contributed by atoms with Gasteiger partial charge < -0.3 is 5.32 Å². The van der Waals surface area contributed by atoms with E-state index in [9.17, 15) is 0 Å². The minimum absolute atomic E-state index is 0.669. The number of aryl methyl sites for hydroxylation is 2. The lowest BCUT2D eigenvalue weighted by Crippen LogP contribution is -2.07. The van der Waals surface area contributed by atoms with Crippen LogP contribution in [0.4, 0.5) is 5.82 Å². The molecule has 0 fully saturated rings. The molecule has 1 aliphatic rings. The van der Waals surface area contributed by atoms with E-state index in [2.05, 4.69) is 34.6 Å². The summed E-state index contributed by atoms with van der Waals surface area (Å²) in [7, 11) is 0. The lowest BCUT2D eigenvalue weighted by Gasteiger charge is -2.10. The van der Waals surface area contributed by atoms with Crippen molar-refractivity contribution in [2.24, 2.45) is 0 Å². The smallest absolute Gasteiger partial charge is 0.139 e. The van der Waals surface area contributed by atoms with Crippen LogP contribution in [0.5, 0.6) is 0 Å². The van der Waals surface area contributed by atoms with Crippen LogP contribution in [-0.4, -0.2) is 15.0 Å². The fourth-order valence-electron chi connectivity index (χ4n) is 3.70. The maximum atomic E-state index is 4.92. The van der Waals surface area contributed by atoms with Crippen LogP contribution >= 0.6 is 11.3 Å². The van der Waals surface area contributed by atoms with Crippen molar-refractivity contribution in [1.82, 2.24) is 15.0 Å². The standard InChI is InChI=1S/C22H20N4S/c1-2-7-15(8-3-1)13-19-25-21(24-14-16-9-4-5-12-23-16)20-17-10-6-11-18(17)27-22(20)26-19/h1-5,7-9,12H,6,10-11,13-14H2,(H,24,25,26). The lowest BCUT2D eigenvalue weighted by molar-refractivity contribution is 0.915. The molecule has 5 heteroatoms. The van der Waals surface area contributed by atoms with Gasteiger partial charge in [-0.15, -0.1) is 11.3 Å². The van der Waals surface area contributed by atoms with Crippen LogP contribution in [0, 0.1) is 0 Å². The van der Waals surface area contributed by atoms with Crippen LogP contribution in [0.25, 0.3) is 10.2 Å². The Balaban J connectivity index is 1.53. The van der Waals surface area contributed by atoms with Crippen molar-refractivity contribution in [2.45, 2.75) is 32.2 Å². The number of rotatable bonds is 5. The molecule has 0 radical (unpaired) electrons. The monoisotopic (exact) mass is 372 g/mol. The van der Waals surface area contributed by atoms with Crippen molar-refractivity contribution in [3.63, 3.8) is 0 Å². The van der Waals surface area contributed by atoms with Crippen LogP contribution in [-0.2, 0) is 25.8 Å². The molecular formula is C22H20N4S. The summed E-state index contributed by atoms with van der Waals surface area (Å²) in [5, 5.41) is 4.76. The fourth-order valence-corrected chi connectivity index (χ4v) is 4.98. The van der Waals surface area contributed by atoms with Crippen molar-refractivity contribution in [3.05, 3.63) is 82.3 Å². The average molecular weight is 372 g/mol. The normalized spacial score (nSPS) is 13.0. The Bertz CT molecular complexity index is 1070. The van der Waals surface area contributed by atoms with E-state index in [0.29, 0.717) is 6.54 Å². The Labute approximate surface area is 162 Å². The number of hydrogen-bond donors (Lipinski definition) is 1. The summed E-state index contributed by atoms with van der Waals surface area (Å²) in [4.78, 5) is 16.8. The first kappa shape index (κ1) is 16.4. The van der Waals surface area contributed by atoms with Crippen LogP contribution in [0.2, 0.25) is 0 Å². The maximum absolute atomic E-state index is 4.92. The van der Waals surface area contributed by atoms with Crippen molar-refractivity contribution in [2.75, 3.05) is 5.32 Å². The first-order chi connectivity index (χ1) is 13.4. The van der Waals surface area contributed by atoms with Crippen LogP contribution in [0.15, 0.2) is 54.7 Å². The molecule has 0 saturated heterocycles. The zero-order valence-corrected chi connectivity index (χ0v) is 15.8. The van der Waals surface area contributed by atoms with Gasteiger partial charge in [0.05, 0.1) is 17.6 Å². The second-order valence-electron chi connectivity index (χ2n) is 6.86. The minimum Gasteiger partial charge on any atom is -0.364 e. The molecule has 0 saturated carbocycles. The molecule has 3 heterocycles. The molecule has 27 heavy (non-hydrogen) atoms. The SMILES string of the molecule is c1ccc(Cc2nc(NCc3ccccn3)c3c4c(sc3n2)CCC4)cc1. The number of fused-ring (bicyclic) bond motifs is 3. The van der Waals surface area contributed by atoms with E-state index < -0.39 is 0 Å². The van der Waals surface area contributed by atoms with E-state index in [1.54, 1.807) is 0 Å². The Morgan fingerprint density at radius 3 is 2.70 bits per heavy atom. The molecule has 0 atom stereocenters. The van der Waals surface area contributed by atoms with Gasteiger partial charge in [-0.2, -0.15) is 0 Å². The largest absolute Gasteiger partial charge is 0.364 e. The van der Waals surface area contributed by atoms with E-state index in [1.807, 2.05) is 41.8 Å². The molecule has 0 spiro atoms. The highest BCUT2D eigenvalue weighted by atomic mass is 32.1.